The van der Waals surface area contributed by atoms with Crippen LogP contribution in [0.2, 0.25) is 0 Å². The Morgan fingerprint density at radius 1 is 1.40 bits per heavy atom. The van der Waals surface area contributed by atoms with Crippen molar-refractivity contribution in [2.75, 3.05) is 0 Å². The number of amides is 1. The summed E-state index contributed by atoms with van der Waals surface area (Å²) in [5, 5.41) is 2.68. The first kappa shape index (κ1) is 16.7. The Labute approximate surface area is 124 Å². The maximum absolute atomic E-state index is 12.1. The average Bonchev–Trinajstić information content (AvgIpc) is 2.68. The number of carbonyl (C=O) groups excluding carboxylic acids is 2. The van der Waals surface area contributed by atoms with Gasteiger partial charge in [-0.25, -0.2) is 4.79 Å². The van der Waals surface area contributed by atoms with Gasteiger partial charge in [0.15, 0.2) is 0 Å². The van der Waals surface area contributed by atoms with E-state index in [-0.39, 0.29) is 5.91 Å². The lowest BCUT2D eigenvalue weighted by Gasteiger charge is -2.22. The van der Waals surface area contributed by atoms with Crippen LogP contribution in [0.25, 0.3) is 0 Å². The van der Waals surface area contributed by atoms with Gasteiger partial charge in [0.1, 0.15) is 11.6 Å². The first-order valence-corrected chi connectivity index (χ1v) is 7.58. The van der Waals surface area contributed by atoms with E-state index >= 15 is 0 Å². The Bertz CT molecular complexity index is 500. The van der Waals surface area contributed by atoms with Crippen LogP contribution in [0.3, 0.4) is 0 Å². The summed E-state index contributed by atoms with van der Waals surface area (Å²) >= 11 is 1.47. The molecule has 0 radical (unpaired) electrons. The van der Waals surface area contributed by atoms with Crippen molar-refractivity contribution in [1.29, 1.82) is 0 Å². The molecule has 0 aliphatic heterocycles. The van der Waals surface area contributed by atoms with E-state index in [2.05, 4.69) is 12.2 Å². The molecule has 0 aromatic carbocycles. The minimum Gasteiger partial charge on any atom is -0.458 e. The quantitative estimate of drug-likeness (QED) is 0.869. The van der Waals surface area contributed by atoms with Gasteiger partial charge in [0, 0.05) is 4.88 Å². The third-order valence-electron chi connectivity index (χ3n) is 2.67. The SMILES string of the molecule is CCc1sc(C(=O)N[C@H](C)C(=O)OC(C)(C)C)cc1C. The van der Waals surface area contributed by atoms with Gasteiger partial charge in [-0.2, -0.15) is 0 Å². The molecule has 1 amide bonds. The summed E-state index contributed by atoms with van der Waals surface area (Å²) in [6.07, 6.45) is 0.908. The van der Waals surface area contributed by atoms with Gasteiger partial charge >= 0.3 is 5.97 Å². The molecule has 5 heteroatoms. The summed E-state index contributed by atoms with van der Waals surface area (Å²) < 4.78 is 5.24. The molecule has 1 aromatic rings. The summed E-state index contributed by atoms with van der Waals surface area (Å²) in [6, 6.07) is 1.20. The van der Waals surface area contributed by atoms with Gasteiger partial charge in [-0.05, 0) is 52.7 Å². The molecule has 112 valence electrons. The standard InChI is InChI=1S/C15H23NO3S/c1-7-11-9(2)8-12(20-11)13(17)16-10(3)14(18)19-15(4,5)6/h8,10H,7H2,1-6H3,(H,16,17)/t10-/m1/s1. The lowest BCUT2D eigenvalue weighted by molar-refractivity contribution is -0.156. The van der Waals surface area contributed by atoms with Crippen LogP contribution in [0, 0.1) is 6.92 Å². The molecule has 0 fully saturated rings. The van der Waals surface area contributed by atoms with Gasteiger partial charge in [0.05, 0.1) is 4.88 Å². The molecule has 4 nitrogen and oxygen atoms in total. The van der Waals surface area contributed by atoms with Crippen molar-refractivity contribution in [3.63, 3.8) is 0 Å². The third kappa shape index (κ3) is 4.63. The molecule has 0 saturated carbocycles. The molecule has 20 heavy (non-hydrogen) atoms. The fraction of sp³-hybridized carbons (Fsp3) is 0.600. The second-order valence-corrected chi connectivity index (χ2v) is 6.94. The van der Waals surface area contributed by atoms with Crippen molar-refractivity contribution in [3.8, 4) is 0 Å². The Morgan fingerprint density at radius 2 is 2.00 bits per heavy atom. The molecule has 1 heterocycles. The van der Waals surface area contributed by atoms with Crippen LogP contribution in [-0.2, 0) is 16.0 Å². The highest BCUT2D eigenvalue weighted by Crippen LogP contribution is 2.22. The number of ether oxygens (including phenoxy) is 1. The molecule has 0 aliphatic rings. The van der Waals surface area contributed by atoms with E-state index in [1.54, 1.807) is 27.7 Å². The number of rotatable bonds is 4. The van der Waals surface area contributed by atoms with E-state index in [4.69, 9.17) is 4.74 Å². The van der Waals surface area contributed by atoms with E-state index < -0.39 is 17.6 Å². The average molecular weight is 297 g/mol. The molecule has 1 aromatic heterocycles. The van der Waals surface area contributed by atoms with Gasteiger partial charge in [0.25, 0.3) is 5.91 Å². The van der Waals surface area contributed by atoms with E-state index in [1.165, 1.54) is 16.2 Å². The highest BCUT2D eigenvalue weighted by molar-refractivity contribution is 7.14. The van der Waals surface area contributed by atoms with Crippen molar-refractivity contribution in [3.05, 3.63) is 21.4 Å². The minimum atomic E-state index is -0.658. The van der Waals surface area contributed by atoms with Gasteiger partial charge in [0.2, 0.25) is 0 Å². The van der Waals surface area contributed by atoms with Crippen molar-refractivity contribution in [2.24, 2.45) is 0 Å². The second-order valence-electron chi connectivity index (χ2n) is 5.80. The Hall–Kier alpha value is -1.36. The molecular weight excluding hydrogens is 274 g/mol. The zero-order valence-electron chi connectivity index (χ0n) is 13.0. The minimum absolute atomic E-state index is 0.226. The van der Waals surface area contributed by atoms with Gasteiger partial charge in [-0.1, -0.05) is 6.92 Å². The molecule has 0 aliphatic carbocycles. The zero-order valence-corrected chi connectivity index (χ0v) is 13.8. The predicted octanol–water partition coefficient (Wildman–Crippen LogP) is 3.08. The number of carbonyl (C=O) groups is 2. The summed E-state index contributed by atoms with van der Waals surface area (Å²) in [4.78, 5) is 25.7. The molecule has 1 atom stereocenters. The molecular formula is C15H23NO3S. The summed E-state index contributed by atoms with van der Waals surface area (Å²) in [5.74, 6) is -0.647. The van der Waals surface area contributed by atoms with Gasteiger partial charge in [-0.15, -0.1) is 11.3 Å². The molecule has 1 rings (SSSR count). The van der Waals surface area contributed by atoms with Gasteiger partial charge in [-0.3, -0.25) is 4.79 Å². The molecule has 0 spiro atoms. The fourth-order valence-electron chi connectivity index (χ4n) is 1.70. The molecule has 0 bridgehead atoms. The number of aryl methyl sites for hydroxylation is 2. The summed E-state index contributed by atoms with van der Waals surface area (Å²) in [6.45, 7) is 11.1. The van der Waals surface area contributed by atoms with Crippen LogP contribution in [0.4, 0.5) is 0 Å². The van der Waals surface area contributed by atoms with Crippen LogP contribution >= 0.6 is 11.3 Å². The largest absolute Gasteiger partial charge is 0.458 e. The van der Waals surface area contributed by atoms with Crippen LogP contribution in [-0.4, -0.2) is 23.5 Å². The highest BCUT2D eigenvalue weighted by Gasteiger charge is 2.24. The monoisotopic (exact) mass is 297 g/mol. The fourth-order valence-corrected chi connectivity index (χ4v) is 2.72. The zero-order chi connectivity index (χ0) is 15.5. The van der Waals surface area contributed by atoms with Crippen LogP contribution in [0.15, 0.2) is 6.07 Å². The molecule has 0 saturated heterocycles. The van der Waals surface area contributed by atoms with Crippen molar-refractivity contribution in [2.45, 2.75) is 59.6 Å². The number of hydrogen-bond donors (Lipinski definition) is 1. The maximum Gasteiger partial charge on any atom is 0.328 e. The smallest absolute Gasteiger partial charge is 0.328 e. The van der Waals surface area contributed by atoms with Crippen molar-refractivity contribution < 1.29 is 14.3 Å². The van der Waals surface area contributed by atoms with E-state index in [0.29, 0.717) is 4.88 Å². The number of thiophene rings is 1. The number of hydrogen-bond acceptors (Lipinski definition) is 4. The highest BCUT2D eigenvalue weighted by atomic mass is 32.1. The second kappa shape index (κ2) is 6.39. The van der Waals surface area contributed by atoms with Crippen LogP contribution < -0.4 is 5.32 Å². The first-order valence-electron chi connectivity index (χ1n) is 6.77. The normalized spacial score (nSPS) is 12.9. The molecule has 0 unspecified atom stereocenters. The Balaban J connectivity index is 2.67. The third-order valence-corrected chi connectivity index (χ3v) is 4.05. The van der Waals surface area contributed by atoms with E-state index in [0.717, 1.165) is 12.0 Å². The molecule has 1 N–H and O–H groups in total. The Kier molecular flexibility index (Phi) is 5.34. The lowest BCUT2D eigenvalue weighted by Crippen LogP contribution is -2.42. The van der Waals surface area contributed by atoms with Crippen molar-refractivity contribution in [1.82, 2.24) is 5.32 Å². The van der Waals surface area contributed by atoms with Crippen LogP contribution in [0.5, 0.6) is 0 Å². The number of esters is 1. The Morgan fingerprint density at radius 3 is 2.45 bits per heavy atom. The lowest BCUT2D eigenvalue weighted by atomic mass is 10.2. The predicted molar refractivity (Wildman–Crippen MR) is 81.2 cm³/mol. The topological polar surface area (TPSA) is 55.4 Å². The maximum atomic E-state index is 12.1. The first-order chi connectivity index (χ1) is 9.14. The summed E-state index contributed by atoms with van der Waals surface area (Å²) in [7, 11) is 0. The van der Waals surface area contributed by atoms with E-state index in [9.17, 15) is 9.59 Å². The van der Waals surface area contributed by atoms with Gasteiger partial charge < -0.3 is 10.1 Å². The van der Waals surface area contributed by atoms with E-state index in [1.807, 2.05) is 13.0 Å². The summed E-state index contributed by atoms with van der Waals surface area (Å²) in [5.41, 5.74) is 0.567. The van der Waals surface area contributed by atoms with Crippen LogP contribution in [0.1, 0.15) is 54.7 Å². The number of nitrogens with one attached hydrogen (secondary N) is 1. The van der Waals surface area contributed by atoms with Crippen molar-refractivity contribution >= 4 is 23.2 Å².